The molecule has 1 aromatic carbocycles. The topological polar surface area (TPSA) is 59.8 Å². The standard InChI is InChI=1S/C18H20N4O/c1-4-7-22-16(23)6-5-14-11-19-18(21-17(14)22)20-15-9-12(2)8-13(3)10-15/h5-6,8-11H,4,7H2,1-3H3,(H,19,20,21). The van der Waals surface area contributed by atoms with Gasteiger partial charge >= 0.3 is 0 Å². The van der Waals surface area contributed by atoms with Crippen LogP contribution in [-0.4, -0.2) is 14.5 Å². The van der Waals surface area contributed by atoms with Crippen LogP contribution in [0.15, 0.2) is 41.3 Å². The van der Waals surface area contributed by atoms with Crippen molar-refractivity contribution in [3.8, 4) is 0 Å². The molecule has 0 aliphatic rings. The Morgan fingerprint density at radius 1 is 1.13 bits per heavy atom. The monoisotopic (exact) mass is 308 g/mol. The maximum atomic E-state index is 12.1. The lowest BCUT2D eigenvalue weighted by Gasteiger charge is -2.11. The molecule has 0 spiro atoms. The third-order valence-electron chi connectivity index (χ3n) is 3.65. The van der Waals surface area contributed by atoms with Gasteiger partial charge in [0, 0.05) is 29.9 Å². The van der Waals surface area contributed by atoms with Gasteiger partial charge in [-0.05, 0) is 49.6 Å². The number of hydrogen-bond donors (Lipinski definition) is 1. The molecular formula is C18H20N4O. The van der Waals surface area contributed by atoms with Gasteiger partial charge in [-0.3, -0.25) is 9.36 Å². The molecule has 3 aromatic rings. The Bertz CT molecular complexity index is 894. The second-order valence-corrected chi connectivity index (χ2v) is 5.80. The molecule has 0 aliphatic heterocycles. The average molecular weight is 308 g/mol. The Kier molecular flexibility index (Phi) is 4.10. The summed E-state index contributed by atoms with van der Waals surface area (Å²) in [6.07, 6.45) is 2.63. The van der Waals surface area contributed by atoms with Gasteiger partial charge in [-0.25, -0.2) is 4.98 Å². The Balaban J connectivity index is 2.05. The molecule has 0 radical (unpaired) electrons. The first kappa shape index (κ1) is 15.2. The first-order valence-electron chi connectivity index (χ1n) is 7.79. The number of pyridine rings is 1. The van der Waals surface area contributed by atoms with E-state index in [-0.39, 0.29) is 5.56 Å². The van der Waals surface area contributed by atoms with E-state index in [9.17, 15) is 4.79 Å². The van der Waals surface area contributed by atoms with Crippen LogP contribution in [0, 0.1) is 13.8 Å². The van der Waals surface area contributed by atoms with Crippen molar-refractivity contribution in [3.63, 3.8) is 0 Å². The minimum atomic E-state index is -0.0320. The van der Waals surface area contributed by atoms with Gasteiger partial charge in [0.1, 0.15) is 5.65 Å². The largest absolute Gasteiger partial charge is 0.324 e. The van der Waals surface area contributed by atoms with Crippen LogP contribution < -0.4 is 10.9 Å². The molecule has 0 saturated carbocycles. The van der Waals surface area contributed by atoms with Gasteiger partial charge in [-0.1, -0.05) is 13.0 Å². The molecule has 0 fully saturated rings. The van der Waals surface area contributed by atoms with Crippen molar-refractivity contribution in [2.45, 2.75) is 33.7 Å². The zero-order valence-electron chi connectivity index (χ0n) is 13.6. The van der Waals surface area contributed by atoms with Crippen molar-refractivity contribution in [3.05, 3.63) is 58.0 Å². The van der Waals surface area contributed by atoms with E-state index in [4.69, 9.17) is 0 Å². The van der Waals surface area contributed by atoms with Crippen LogP contribution in [0.25, 0.3) is 11.0 Å². The fraction of sp³-hybridized carbons (Fsp3) is 0.278. The van der Waals surface area contributed by atoms with Gasteiger partial charge in [0.2, 0.25) is 5.95 Å². The Morgan fingerprint density at radius 3 is 2.57 bits per heavy atom. The van der Waals surface area contributed by atoms with E-state index in [0.29, 0.717) is 18.1 Å². The van der Waals surface area contributed by atoms with E-state index in [2.05, 4.69) is 35.2 Å². The fourth-order valence-corrected chi connectivity index (χ4v) is 2.75. The van der Waals surface area contributed by atoms with Gasteiger partial charge in [0.05, 0.1) is 0 Å². The maximum absolute atomic E-state index is 12.1. The van der Waals surface area contributed by atoms with Crippen LogP contribution in [0.4, 0.5) is 11.6 Å². The molecule has 0 amide bonds. The van der Waals surface area contributed by atoms with Crippen molar-refractivity contribution < 1.29 is 0 Å². The number of hydrogen-bond acceptors (Lipinski definition) is 4. The molecule has 5 heteroatoms. The molecule has 23 heavy (non-hydrogen) atoms. The van der Waals surface area contributed by atoms with Crippen LogP contribution in [-0.2, 0) is 6.54 Å². The molecule has 0 saturated heterocycles. The highest BCUT2D eigenvalue weighted by atomic mass is 16.1. The number of anilines is 2. The number of benzene rings is 1. The number of nitrogens with zero attached hydrogens (tertiary/aromatic N) is 3. The molecule has 0 aliphatic carbocycles. The second-order valence-electron chi connectivity index (χ2n) is 5.80. The first-order chi connectivity index (χ1) is 11.1. The van der Waals surface area contributed by atoms with E-state index in [1.165, 1.54) is 11.1 Å². The first-order valence-corrected chi connectivity index (χ1v) is 7.79. The zero-order valence-corrected chi connectivity index (χ0v) is 13.6. The molecular weight excluding hydrogens is 288 g/mol. The van der Waals surface area contributed by atoms with E-state index >= 15 is 0 Å². The summed E-state index contributed by atoms with van der Waals surface area (Å²) in [6, 6.07) is 9.55. The minimum absolute atomic E-state index is 0.0320. The second kappa shape index (κ2) is 6.20. The fourth-order valence-electron chi connectivity index (χ4n) is 2.75. The van der Waals surface area contributed by atoms with Crippen molar-refractivity contribution in [1.29, 1.82) is 0 Å². The quantitative estimate of drug-likeness (QED) is 0.800. The summed E-state index contributed by atoms with van der Waals surface area (Å²) in [5.41, 5.74) is 3.94. The molecule has 2 heterocycles. The SMILES string of the molecule is CCCn1c(=O)ccc2cnc(Nc3cc(C)cc(C)c3)nc21. The Hall–Kier alpha value is -2.69. The van der Waals surface area contributed by atoms with Crippen LogP contribution in [0.3, 0.4) is 0 Å². The van der Waals surface area contributed by atoms with Gasteiger partial charge in [-0.2, -0.15) is 4.98 Å². The molecule has 0 unspecified atom stereocenters. The summed E-state index contributed by atoms with van der Waals surface area (Å²) in [5, 5.41) is 4.09. The number of aromatic nitrogens is 3. The van der Waals surface area contributed by atoms with Crippen LogP contribution in [0.1, 0.15) is 24.5 Å². The summed E-state index contributed by atoms with van der Waals surface area (Å²) in [6.45, 7) is 6.80. The van der Waals surface area contributed by atoms with Crippen LogP contribution in [0.2, 0.25) is 0 Å². The minimum Gasteiger partial charge on any atom is -0.324 e. The zero-order chi connectivity index (χ0) is 16.4. The van der Waals surface area contributed by atoms with Crippen molar-refractivity contribution in [2.75, 3.05) is 5.32 Å². The highest BCUT2D eigenvalue weighted by molar-refractivity contribution is 5.75. The number of rotatable bonds is 4. The normalized spacial score (nSPS) is 10.9. The van der Waals surface area contributed by atoms with E-state index in [1.807, 2.05) is 19.1 Å². The van der Waals surface area contributed by atoms with Crippen molar-refractivity contribution in [1.82, 2.24) is 14.5 Å². The third kappa shape index (κ3) is 3.23. The lowest BCUT2D eigenvalue weighted by atomic mass is 10.1. The van der Waals surface area contributed by atoms with Crippen LogP contribution >= 0.6 is 0 Å². The molecule has 2 aromatic heterocycles. The summed E-state index contributed by atoms with van der Waals surface area (Å²) >= 11 is 0. The van der Waals surface area contributed by atoms with E-state index in [0.717, 1.165) is 17.5 Å². The molecule has 0 atom stereocenters. The summed E-state index contributed by atoms with van der Waals surface area (Å²) in [5.74, 6) is 0.498. The van der Waals surface area contributed by atoms with Crippen molar-refractivity contribution in [2.24, 2.45) is 0 Å². The predicted octanol–water partition coefficient (Wildman–Crippen LogP) is 3.56. The highest BCUT2D eigenvalue weighted by Gasteiger charge is 2.07. The molecule has 118 valence electrons. The van der Waals surface area contributed by atoms with E-state index < -0.39 is 0 Å². The Morgan fingerprint density at radius 2 is 1.87 bits per heavy atom. The average Bonchev–Trinajstić information content (AvgIpc) is 2.49. The summed E-state index contributed by atoms with van der Waals surface area (Å²) < 4.78 is 1.70. The van der Waals surface area contributed by atoms with Gasteiger partial charge < -0.3 is 5.32 Å². The third-order valence-corrected chi connectivity index (χ3v) is 3.65. The van der Waals surface area contributed by atoms with Crippen LogP contribution in [0.5, 0.6) is 0 Å². The highest BCUT2D eigenvalue weighted by Crippen LogP contribution is 2.18. The predicted molar refractivity (Wildman–Crippen MR) is 93.3 cm³/mol. The number of aryl methyl sites for hydroxylation is 3. The lowest BCUT2D eigenvalue weighted by molar-refractivity contribution is 0.671. The summed E-state index contributed by atoms with van der Waals surface area (Å²) in [7, 11) is 0. The smallest absolute Gasteiger partial charge is 0.252 e. The van der Waals surface area contributed by atoms with Crippen molar-refractivity contribution >= 4 is 22.7 Å². The van der Waals surface area contributed by atoms with Gasteiger partial charge in [0.15, 0.2) is 0 Å². The van der Waals surface area contributed by atoms with Gasteiger partial charge in [-0.15, -0.1) is 0 Å². The lowest BCUT2D eigenvalue weighted by Crippen LogP contribution is -2.20. The van der Waals surface area contributed by atoms with Gasteiger partial charge in [0.25, 0.3) is 5.56 Å². The molecule has 1 N–H and O–H groups in total. The molecule has 0 bridgehead atoms. The summed E-state index contributed by atoms with van der Waals surface area (Å²) in [4.78, 5) is 21.0. The molecule has 3 rings (SSSR count). The molecule has 5 nitrogen and oxygen atoms in total. The number of fused-ring (bicyclic) bond motifs is 1. The maximum Gasteiger partial charge on any atom is 0.252 e. The Labute approximate surface area is 135 Å². The van der Waals surface area contributed by atoms with E-state index in [1.54, 1.807) is 22.9 Å². The number of nitrogens with one attached hydrogen (secondary N) is 1.